The SMILES string of the molecule is CCC(=O)C1C[C@@]2(CN1C)CC2(CC)CC. The smallest absolute Gasteiger partial charge is 0.149 e. The summed E-state index contributed by atoms with van der Waals surface area (Å²) in [4.78, 5) is 14.2. The maximum absolute atomic E-state index is 11.9. The Hall–Kier alpha value is -0.370. The third-order valence-electron chi connectivity index (χ3n) is 5.42. The van der Waals surface area contributed by atoms with Crippen molar-refractivity contribution in [3.05, 3.63) is 0 Å². The number of carbonyl (C=O) groups excluding carboxylic acids is 1. The van der Waals surface area contributed by atoms with Gasteiger partial charge >= 0.3 is 0 Å². The van der Waals surface area contributed by atoms with Gasteiger partial charge in [0, 0.05) is 13.0 Å². The number of carbonyl (C=O) groups is 1. The fourth-order valence-electron chi connectivity index (χ4n) is 4.14. The molecule has 2 fully saturated rings. The molecule has 1 aliphatic heterocycles. The minimum atomic E-state index is 0.213. The van der Waals surface area contributed by atoms with E-state index in [2.05, 4.69) is 25.8 Å². The lowest BCUT2D eigenvalue weighted by atomic mass is 9.85. The Morgan fingerprint density at radius 2 is 1.94 bits per heavy atom. The van der Waals surface area contributed by atoms with Crippen LogP contribution in [-0.4, -0.2) is 30.3 Å². The summed E-state index contributed by atoms with van der Waals surface area (Å²) in [6, 6.07) is 0.213. The van der Waals surface area contributed by atoms with E-state index in [1.807, 2.05) is 6.92 Å². The van der Waals surface area contributed by atoms with Gasteiger partial charge in [0.25, 0.3) is 0 Å². The molecule has 1 saturated heterocycles. The van der Waals surface area contributed by atoms with Crippen LogP contribution in [0.5, 0.6) is 0 Å². The molecule has 1 spiro atoms. The van der Waals surface area contributed by atoms with E-state index in [4.69, 9.17) is 0 Å². The van der Waals surface area contributed by atoms with Crippen LogP contribution in [0.2, 0.25) is 0 Å². The van der Waals surface area contributed by atoms with E-state index in [0.717, 1.165) is 13.0 Å². The highest BCUT2D eigenvalue weighted by molar-refractivity contribution is 5.84. The number of hydrogen-bond acceptors (Lipinski definition) is 2. The number of rotatable bonds is 4. The lowest BCUT2D eigenvalue weighted by molar-refractivity contribution is -0.122. The molecular formula is C14H25NO. The quantitative estimate of drug-likeness (QED) is 0.730. The van der Waals surface area contributed by atoms with Crippen LogP contribution in [0, 0.1) is 10.8 Å². The van der Waals surface area contributed by atoms with Crippen molar-refractivity contribution in [1.82, 2.24) is 4.90 Å². The first kappa shape index (κ1) is 12.1. The van der Waals surface area contributed by atoms with Crippen molar-refractivity contribution in [2.24, 2.45) is 10.8 Å². The van der Waals surface area contributed by atoms with Crippen LogP contribution in [0.4, 0.5) is 0 Å². The molecule has 16 heavy (non-hydrogen) atoms. The molecule has 0 aromatic carbocycles. The van der Waals surface area contributed by atoms with E-state index in [1.165, 1.54) is 19.3 Å². The van der Waals surface area contributed by atoms with Gasteiger partial charge in [-0.25, -0.2) is 0 Å². The summed E-state index contributed by atoms with van der Waals surface area (Å²) >= 11 is 0. The van der Waals surface area contributed by atoms with Crippen molar-refractivity contribution < 1.29 is 4.79 Å². The summed E-state index contributed by atoms with van der Waals surface area (Å²) in [5.41, 5.74) is 1.05. The number of likely N-dealkylation sites (tertiary alicyclic amines) is 1. The predicted octanol–water partition coefficient (Wildman–Crippen LogP) is 2.87. The van der Waals surface area contributed by atoms with E-state index in [9.17, 15) is 4.79 Å². The number of Topliss-reactive ketones (excluding diaryl/α,β-unsaturated/α-hetero) is 1. The molecule has 1 unspecified atom stereocenters. The molecule has 1 saturated carbocycles. The van der Waals surface area contributed by atoms with Crippen molar-refractivity contribution in [2.45, 2.75) is 58.9 Å². The van der Waals surface area contributed by atoms with Crippen LogP contribution in [0.25, 0.3) is 0 Å². The molecule has 2 aliphatic rings. The van der Waals surface area contributed by atoms with Gasteiger partial charge in [-0.3, -0.25) is 9.69 Å². The molecule has 1 aliphatic carbocycles. The first-order valence-electron chi connectivity index (χ1n) is 6.77. The van der Waals surface area contributed by atoms with E-state index in [-0.39, 0.29) is 6.04 Å². The summed E-state index contributed by atoms with van der Waals surface area (Å²) in [6.07, 6.45) is 5.73. The topological polar surface area (TPSA) is 20.3 Å². The van der Waals surface area contributed by atoms with E-state index >= 15 is 0 Å². The Morgan fingerprint density at radius 3 is 2.38 bits per heavy atom. The zero-order valence-electron chi connectivity index (χ0n) is 11.2. The highest BCUT2D eigenvalue weighted by Crippen LogP contribution is 2.72. The Labute approximate surface area is 99.4 Å². The predicted molar refractivity (Wildman–Crippen MR) is 66.4 cm³/mol. The molecule has 2 atom stereocenters. The van der Waals surface area contributed by atoms with Crippen LogP contribution in [-0.2, 0) is 4.79 Å². The van der Waals surface area contributed by atoms with Gasteiger partial charge in [-0.1, -0.05) is 20.8 Å². The largest absolute Gasteiger partial charge is 0.298 e. The molecule has 0 radical (unpaired) electrons. The fraction of sp³-hybridized carbons (Fsp3) is 0.929. The molecule has 1 heterocycles. The second-order valence-electron chi connectivity index (χ2n) is 5.90. The molecule has 2 nitrogen and oxygen atoms in total. The lowest BCUT2D eigenvalue weighted by Crippen LogP contribution is -2.32. The highest BCUT2D eigenvalue weighted by Gasteiger charge is 2.68. The van der Waals surface area contributed by atoms with Crippen molar-refractivity contribution in [3.8, 4) is 0 Å². The van der Waals surface area contributed by atoms with Crippen molar-refractivity contribution in [3.63, 3.8) is 0 Å². The normalized spacial score (nSPS) is 36.9. The molecule has 0 aromatic rings. The Kier molecular flexibility index (Phi) is 2.90. The average molecular weight is 223 g/mol. The third kappa shape index (κ3) is 1.46. The van der Waals surface area contributed by atoms with Gasteiger partial charge in [0.15, 0.2) is 0 Å². The van der Waals surface area contributed by atoms with Crippen LogP contribution in [0.15, 0.2) is 0 Å². The summed E-state index contributed by atoms with van der Waals surface area (Å²) in [7, 11) is 2.13. The van der Waals surface area contributed by atoms with E-state index in [1.54, 1.807) is 0 Å². The maximum atomic E-state index is 11.9. The van der Waals surface area contributed by atoms with Crippen LogP contribution >= 0.6 is 0 Å². The third-order valence-corrected chi connectivity index (χ3v) is 5.42. The molecule has 0 bridgehead atoms. The van der Waals surface area contributed by atoms with Gasteiger partial charge in [0.2, 0.25) is 0 Å². The Morgan fingerprint density at radius 1 is 1.31 bits per heavy atom. The van der Waals surface area contributed by atoms with Crippen LogP contribution in [0.1, 0.15) is 52.9 Å². The molecule has 0 N–H and O–H groups in total. The summed E-state index contributed by atoms with van der Waals surface area (Å²) in [5.74, 6) is 0.437. The minimum absolute atomic E-state index is 0.213. The number of nitrogens with zero attached hydrogens (tertiary/aromatic N) is 1. The van der Waals surface area contributed by atoms with Gasteiger partial charge in [0.05, 0.1) is 6.04 Å². The molecule has 0 amide bonds. The second kappa shape index (κ2) is 3.83. The first-order chi connectivity index (χ1) is 7.54. The second-order valence-corrected chi connectivity index (χ2v) is 5.90. The first-order valence-corrected chi connectivity index (χ1v) is 6.77. The number of likely N-dealkylation sites (N-methyl/N-ethyl adjacent to an activating group) is 1. The van der Waals surface area contributed by atoms with Gasteiger partial charge in [0.1, 0.15) is 5.78 Å². The van der Waals surface area contributed by atoms with Crippen LogP contribution in [0.3, 0.4) is 0 Å². The monoisotopic (exact) mass is 223 g/mol. The average Bonchev–Trinajstić information content (AvgIpc) is 2.79. The number of ketones is 1. The Bertz CT molecular complexity index is 295. The van der Waals surface area contributed by atoms with Gasteiger partial charge < -0.3 is 0 Å². The summed E-state index contributed by atoms with van der Waals surface area (Å²) < 4.78 is 0. The van der Waals surface area contributed by atoms with E-state index < -0.39 is 0 Å². The maximum Gasteiger partial charge on any atom is 0.149 e. The minimum Gasteiger partial charge on any atom is -0.298 e. The molecule has 92 valence electrons. The zero-order valence-corrected chi connectivity index (χ0v) is 11.2. The van der Waals surface area contributed by atoms with Gasteiger partial charge in [-0.15, -0.1) is 0 Å². The van der Waals surface area contributed by atoms with Crippen molar-refractivity contribution >= 4 is 5.78 Å². The van der Waals surface area contributed by atoms with Crippen LogP contribution < -0.4 is 0 Å². The highest BCUT2D eigenvalue weighted by atomic mass is 16.1. The van der Waals surface area contributed by atoms with Gasteiger partial charge in [-0.2, -0.15) is 0 Å². The van der Waals surface area contributed by atoms with Crippen molar-refractivity contribution in [1.29, 1.82) is 0 Å². The standard InChI is InChI=1S/C14H25NO/c1-5-12(16)11-8-14(10-15(11)4)9-13(14,6-2)7-3/h11H,5-10H2,1-4H3/t11?,14-/m0/s1. The van der Waals surface area contributed by atoms with Crippen molar-refractivity contribution in [2.75, 3.05) is 13.6 Å². The zero-order chi connectivity index (χ0) is 12.0. The lowest BCUT2D eigenvalue weighted by Gasteiger charge is -2.18. The summed E-state index contributed by atoms with van der Waals surface area (Å²) in [5, 5.41) is 0. The molecular weight excluding hydrogens is 198 g/mol. The summed E-state index contributed by atoms with van der Waals surface area (Å²) in [6.45, 7) is 7.76. The molecule has 0 aromatic heterocycles. The fourth-order valence-corrected chi connectivity index (χ4v) is 4.14. The van der Waals surface area contributed by atoms with Gasteiger partial charge in [-0.05, 0) is 43.6 Å². The molecule has 2 rings (SSSR count). The number of hydrogen-bond donors (Lipinski definition) is 0. The Balaban J connectivity index is 2.11. The molecule has 2 heteroatoms. The van der Waals surface area contributed by atoms with E-state index in [0.29, 0.717) is 23.0 Å².